The molecule has 0 amide bonds. The van der Waals surface area contributed by atoms with Gasteiger partial charge in [0.2, 0.25) is 34.2 Å². The van der Waals surface area contributed by atoms with Gasteiger partial charge in [-0.15, -0.1) is 0 Å². The van der Waals surface area contributed by atoms with E-state index in [-0.39, 0.29) is 39.1 Å². The molecule has 0 aliphatic carbocycles. The number of rotatable bonds is 6. The quantitative estimate of drug-likeness (QED) is 0.148. The van der Waals surface area contributed by atoms with Crippen molar-refractivity contribution < 1.29 is 72.6 Å². The molecule has 6 aromatic carbocycles. The van der Waals surface area contributed by atoms with Crippen LogP contribution in [-0.4, -0.2) is 0 Å². The number of aryl methyl sites for hydroxylation is 21. The molecule has 0 atom stereocenters. The summed E-state index contributed by atoms with van der Waals surface area (Å²) in [6, 6.07) is 54.9. The van der Waals surface area contributed by atoms with Crippen LogP contribution in [0, 0.1) is 124 Å². The average molecular weight is 1310 g/mol. The molecule has 96 heavy (non-hydrogen) atoms. The molecule has 12 aromatic rings. The number of hydrogen-bond donors (Lipinski definition) is 0. The third-order valence-electron chi connectivity index (χ3n) is 16.4. The number of hydrogen-bond acceptors (Lipinski definition) is 0. The molecule has 6 heteroatoms. The average Bonchev–Trinajstić information content (AvgIpc) is 0.762. The van der Waals surface area contributed by atoms with E-state index >= 15 is 0 Å². The second-order valence-electron chi connectivity index (χ2n) is 23.7. The van der Waals surface area contributed by atoms with Crippen LogP contribution in [0.4, 0.5) is 0 Å². The largest absolute Gasteiger partial charge is 0.215 e. The fraction of sp³-hybridized carbons (Fsp3) is 0.267. The minimum Gasteiger partial charge on any atom is -0.201 e. The molecule has 0 saturated heterocycles. The van der Waals surface area contributed by atoms with Crippen molar-refractivity contribution >= 4 is 0 Å². The van der Waals surface area contributed by atoms with E-state index in [0.717, 1.165) is 72.6 Å². The smallest absolute Gasteiger partial charge is 0.201 e. The molecule has 6 aromatic heterocycles. The Morgan fingerprint density at radius 1 is 0.219 bits per heavy atom. The van der Waals surface area contributed by atoms with Gasteiger partial charge in [0, 0.05) is 147 Å². The highest BCUT2D eigenvalue weighted by molar-refractivity contribution is 5.68. The van der Waals surface area contributed by atoms with E-state index in [1.807, 2.05) is 179 Å². The maximum atomic E-state index is 7.94. The SMILES string of the molecule is [2H]C([2H])([2H])c1c[n+](C)c(-c2ccccc2C)c(C([2H])([2H])[2H])c1C([2H])([2H])[2H].[2H]C([2H])([2H])c1c[n+](C)c(-c2ccccc2C)cc1C.[2H]C([2H])([2H])c1cc(-c2ccccc2C)[n+](C)cc1C([2H])([2H])[2H].[2H]C([2H])([2H])c1cc(C([2H])([2H])[2H])c(-c2ccccc2C)[n+](C)c1.[2H]C([2H])([2H])c1cc[n+](C)c(-c2ccccc2C)c1C([2H])([2H])[2H].[2H]C([2H])([2H])c1ccc[n+](C)c1-c1ccccc1C. The highest BCUT2D eigenvalue weighted by Crippen LogP contribution is 2.29. The molecule has 0 aliphatic heterocycles. The Morgan fingerprint density at radius 2 is 0.573 bits per heavy atom. The summed E-state index contributed by atoms with van der Waals surface area (Å²) in [6.07, 6.45) is 9.26. The zero-order valence-corrected chi connectivity index (χ0v) is 57.0. The minimum absolute atomic E-state index is 0.0264. The van der Waals surface area contributed by atoms with Gasteiger partial charge in [0.15, 0.2) is 37.2 Å². The van der Waals surface area contributed by atoms with Crippen molar-refractivity contribution in [2.75, 3.05) is 0 Å². The molecule has 12 rings (SSSR count). The van der Waals surface area contributed by atoms with Crippen molar-refractivity contribution in [2.45, 2.75) is 124 Å². The summed E-state index contributed by atoms with van der Waals surface area (Å²) in [7, 11) is 10.4. The van der Waals surface area contributed by atoms with E-state index in [0.29, 0.717) is 33.8 Å². The van der Waals surface area contributed by atoms with Crippen LogP contribution in [-0.2, 0) is 42.3 Å². The van der Waals surface area contributed by atoms with Crippen molar-refractivity contribution in [3.63, 3.8) is 0 Å². The lowest BCUT2D eigenvalue weighted by atomic mass is 9.97. The van der Waals surface area contributed by atoms with E-state index < -0.39 is 92.1 Å². The predicted octanol–water partition coefficient (Wildman–Crippen LogP) is 18.6. The lowest BCUT2D eigenvalue weighted by Crippen LogP contribution is -2.33. The van der Waals surface area contributed by atoms with Crippen molar-refractivity contribution in [1.82, 2.24) is 0 Å². The zero-order valence-electron chi connectivity index (χ0n) is 90.0. The van der Waals surface area contributed by atoms with Gasteiger partial charge in [-0.3, -0.25) is 0 Å². The lowest BCUT2D eigenvalue weighted by Gasteiger charge is -2.10. The lowest BCUT2D eigenvalue weighted by molar-refractivity contribution is -0.661. The number of pyridine rings is 6. The molecular weight excluding hydrogens is 1170 g/mol. The maximum absolute atomic E-state index is 7.94. The van der Waals surface area contributed by atoms with Crippen LogP contribution < -0.4 is 27.4 Å². The Bertz CT molecular complexity index is 5980. The number of aromatic nitrogens is 6. The molecule has 0 N–H and O–H groups in total. The van der Waals surface area contributed by atoms with E-state index in [1.54, 1.807) is 90.6 Å². The van der Waals surface area contributed by atoms with E-state index in [9.17, 15) is 0 Å². The number of benzene rings is 6. The molecule has 0 spiro atoms. The van der Waals surface area contributed by atoms with Gasteiger partial charge < -0.3 is 0 Å². The van der Waals surface area contributed by atoms with Crippen molar-refractivity contribution in [3.05, 3.63) is 319 Å². The summed E-state index contributed by atoms with van der Waals surface area (Å²) in [5.74, 6) is 0. The van der Waals surface area contributed by atoms with E-state index in [4.69, 9.17) is 45.2 Å². The Hall–Kier alpha value is -9.78. The predicted molar refractivity (Wildman–Crippen MR) is 404 cm³/mol. The molecule has 6 heterocycles. The van der Waals surface area contributed by atoms with Gasteiger partial charge in [-0.05, 0) is 228 Å². The van der Waals surface area contributed by atoms with Gasteiger partial charge in [-0.1, -0.05) is 109 Å². The van der Waals surface area contributed by atoms with Crippen LogP contribution in [0.5, 0.6) is 0 Å². The second-order valence-corrected chi connectivity index (χ2v) is 23.7. The Balaban J connectivity index is 0.000000213. The first-order chi connectivity index (χ1) is 58.9. The summed E-state index contributed by atoms with van der Waals surface area (Å²) >= 11 is 0. The van der Waals surface area contributed by atoms with Crippen molar-refractivity contribution in [1.29, 1.82) is 0 Å². The summed E-state index contributed by atoms with van der Waals surface area (Å²) < 4.78 is 264. The fourth-order valence-corrected chi connectivity index (χ4v) is 11.1. The monoisotopic (exact) mass is 1310 g/mol. The Kier molecular flexibility index (Phi) is 14.0. The molecule has 492 valence electrons. The van der Waals surface area contributed by atoms with Crippen LogP contribution >= 0.6 is 0 Å². The highest BCUT2D eigenvalue weighted by atomic mass is 14.9. The standard InChI is InChI=1S/C16H20N.4C15H18N.C14H16N/c1-11-8-6-7-9-15(11)16-14(4)13(3)12(2)10-17(16)5;1-11-9-13(3)15(16(4)10-11)14-8-6-5-7-12(14)2;2*1-11-7-5-6-8-14(11)15-9-12(2)13(3)10-16(15)4;1-11-9-10-16(4)15(13(11)3)14-8-6-5-7-12(14)2;1-11-7-4-5-9-13(11)14-12(2)8-6-10-15(14)3/h6-10H,1-5H3;4*5-10H,1-4H3;4-10H,1-3H3/q6*+1/i2D3,3D3,4D3;1D3,3D3;2D3,3D3;3D3;1D3,3D3;2D3. The molecule has 0 unspecified atom stereocenters. The molecule has 6 nitrogen and oxygen atoms in total. The van der Waals surface area contributed by atoms with Gasteiger partial charge >= 0.3 is 0 Å². The molecule has 0 saturated carbocycles. The summed E-state index contributed by atoms with van der Waals surface area (Å²) in [6.45, 7) is -13.9. The van der Waals surface area contributed by atoms with Crippen LogP contribution in [0.25, 0.3) is 67.5 Å². The summed E-state index contributed by atoms with van der Waals surface area (Å²) in [4.78, 5) is 0. The van der Waals surface area contributed by atoms with Crippen LogP contribution in [0.2, 0.25) is 0 Å². The van der Waals surface area contributed by atoms with E-state index in [1.165, 1.54) is 54.0 Å². The first-order valence-electron chi connectivity index (χ1n) is 47.5. The second kappa shape index (κ2) is 33.6. The molecular formula is C90H108N6+6. The molecule has 0 fully saturated rings. The van der Waals surface area contributed by atoms with Gasteiger partial charge in [0.25, 0.3) is 0 Å². The Labute approximate surface area is 624 Å². The third-order valence-corrected chi connectivity index (χ3v) is 16.4. The number of nitrogens with zero attached hydrogens (tertiary/aromatic N) is 6. The first-order valence-corrected chi connectivity index (χ1v) is 31.0. The maximum Gasteiger partial charge on any atom is 0.215 e. The first kappa shape index (κ1) is 39.9. The van der Waals surface area contributed by atoms with Crippen LogP contribution in [0.15, 0.2) is 219 Å². The Morgan fingerprint density at radius 3 is 1.00 bits per heavy atom. The van der Waals surface area contributed by atoms with Crippen molar-refractivity contribution in [3.8, 4) is 67.5 Å². The highest BCUT2D eigenvalue weighted by Gasteiger charge is 2.21. The minimum atomic E-state index is -2.89. The van der Waals surface area contributed by atoms with Gasteiger partial charge in [-0.25, -0.2) is 27.4 Å². The fourth-order valence-electron chi connectivity index (χ4n) is 11.1. The normalized spacial score (nSPS) is 17.0. The van der Waals surface area contributed by atoms with Crippen molar-refractivity contribution in [2.24, 2.45) is 42.3 Å². The van der Waals surface area contributed by atoms with E-state index in [2.05, 4.69) is 19.1 Å². The van der Waals surface area contributed by atoms with Gasteiger partial charge in [-0.2, -0.15) is 0 Å². The molecule has 0 radical (unpaired) electrons. The topological polar surface area (TPSA) is 23.3 Å². The van der Waals surface area contributed by atoms with Gasteiger partial charge in [0.1, 0.15) is 42.3 Å². The summed E-state index contributed by atoms with van der Waals surface area (Å²) in [5, 5.41) is 0. The summed E-state index contributed by atoms with van der Waals surface area (Å²) in [5.41, 5.74) is 14.1. The molecule has 0 bridgehead atoms. The zero-order chi connectivity index (χ0) is 97.7. The van der Waals surface area contributed by atoms with Crippen LogP contribution in [0.3, 0.4) is 0 Å². The van der Waals surface area contributed by atoms with Gasteiger partial charge in [0.05, 0.1) is 0 Å². The third kappa shape index (κ3) is 18.2. The molecule has 0 aliphatic rings. The van der Waals surface area contributed by atoms with Crippen LogP contribution in [0.1, 0.15) is 145 Å².